The molecule has 78 valence electrons. The van der Waals surface area contributed by atoms with Gasteiger partial charge in [0, 0.05) is 20.5 Å². The van der Waals surface area contributed by atoms with E-state index in [9.17, 15) is 4.79 Å². The Labute approximate surface area is 81.5 Å². The monoisotopic (exact) mass is 186 g/mol. The molecule has 3 nitrogen and oxygen atoms in total. The molecule has 0 aromatic heterocycles. The van der Waals surface area contributed by atoms with E-state index in [-0.39, 0.29) is 5.91 Å². The van der Waals surface area contributed by atoms with Crippen LogP contribution in [0.3, 0.4) is 0 Å². The molecule has 0 aliphatic carbocycles. The lowest BCUT2D eigenvalue weighted by Gasteiger charge is -2.08. The highest BCUT2D eigenvalue weighted by molar-refractivity contribution is 5.75. The van der Waals surface area contributed by atoms with E-state index in [4.69, 9.17) is 0 Å². The van der Waals surface area contributed by atoms with Crippen molar-refractivity contribution in [2.75, 3.05) is 27.2 Å². The van der Waals surface area contributed by atoms with Gasteiger partial charge in [-0.05, 0) is 25.9 Å². The Hall–Kier alpha value is -0.570. The van der Waals surface area contributed by atoms with Gasteiger partial charge in [-0.3, -0.25) is 4.79 Å². The van der Waals surface area contributed by atoms with Crippen LogP contribution in [0, 0.1) is 0 Å². The third-order valence-electron chi connectivity index (χ3n) is 2.01. The summed E-state index contributed by atoms with van der Waals surface area (Å²) in [6, 6.07) is 0. The highest BCUT2D eigenvalue weighted by Crippen LogP contribution is 1.96. The molecular weight excluding hydrogens is 164 g/mol. The Kier molecular flexibility index (Phi) is 7.69. The summed E-state index contributed by atoms with van der Waals surface area (Å²) in [5.41, 5.74) is 0. The molecule has 1 rings (SSSR count). The summed E-state index contributed by atoms with van der Waals surface area (Å²) < 4.78 is 0. The number of rotatable bonds is 1. The summed E-state index contributed by atoms with van der Waals surface area (Å²) in [5, 5.41) is 3.28. The van der Waals surface area contributed by atoms with E-state index in [1.807, 2.05) is 6.92 Å². The van der Waals surface area contributed by atoms with Crippen molar-refractivity contribution in [3.63, 3.8) is 0 Å². The first-order valence-electron chi connectivity index (χ1n) is 5.09. The number of carbonyl (C=O) groups is 1. The smallest absolute Gasteiger partial charge is 0.221 e. The number of nitrogens with one attached hydrogen (secondary N) is 1. The fraction of sp³-hybridized carbons (Fsp3) is 0.900. The predicted molar refractivity (Wildman–Crippen MR) is 55.7 cm³/mol. The second-order valence-corrected chi connectivity index (χ2v) is 3.45. The van der Waals surface area contributed by atoms with Crippen molar-refractivity contribution in [1.82, 2.24) is 10.2 Å². The average Bonchev–Trinajstić information content (AvgIpc) is 2.20. The second-order valence-electron chi connectivity index (χ2n) is 3.45. The highest BCUT2D eigenvalue weighted by Gasteiger charge is 1.95. The van der Waals surface area contributed by atoms with E-state index in [1.54, 1.807) is 19.0 Å². The van der Waals surface area contributed by atoms with Gasteiger partial charge in [-0.2, -0.15) is 0 Å². The van der Waals surface area contributed by atoms with E-state index >= 15 is 0 Å². The summed E-state index contributed by atoms with van der Waals surface area (Å²) in [6.07, 6.45) is 4.82. The minimum absolute atomic E-state index is 0.181. The molecule has 3 heteroatoms. The van der Waals surface area contributed by atoms with Crippen LogP contribution in [0.1, 0.15) is 32.6 Å². The van der Waals surface area contributed by atoms with E-state index in [0.29, 0.717) is 6.42 Å². The molecule has 1 fully saturated rings. The Morgan fingerprint density at radius 3 is 1.85 bits per heavy atom. The summed E-state index contributed by atoms with van der Waals surface area (Å²) in [4.78, 5) is 12.0. The summed E-state index contributed by atoms with van der Waals surface area (Å²) in [5.74, 6) is 0.181. The van der Waals surface area contributed by atoms with Crippen LogP contribution in [0.25, 0.3) is 0 Å². The quantitative estimate of drug-likeness (QED) is 0.668. The van der Waals surface area contributed by atoms with Gasteiger partial charge in [0.2, 0.25) is 5.91 Å². The summed E-state index contributed by atoms with van der Waals surface area (Å²) in [6.45, 7) is 4.35. The van der Waals surface area contributed by atoms with Gasteiger partial charge in [0.05, 0.1) is 0 Å². The standard InChI is InChI=1S/C5H11NO.C5H11N/c1-4-5(7)6(2)3;1-2-4-6-5-3-1/h4H2,1-3H3;6H,1-5H2. The van der Waals surface area contributed by atoms with Crippen LogP contribution < -0.4 is 5.32 Å². The Balaban J connectivity index is 0.000000223. The number of piperidine rings is 1. The Morgan fingerprint density at radius 2 is 1.77 bits per heavy atom. The fourth-order valence-electron chi connectivity index (χ4n) is 1.12. The van der Waals surface area contributed by atoms with Gasteiger partial charge in [0.15, 0.2) is 0 Å². The van der Waals surface area contributed by atoms with Crippen molar-refractivity contribution in [1.29, 1.82) is 0 Å². The molecule has 1 aliphatic rings. The van der Waals surface area contributed by atoms with Crippen LogP contribution in [0.5, 0.6) is 0 Å². The maximum atomic E-state index is 10.4. The van der Waals surface area contributed by atoms with Crippen LogP contribution in [-0.4, -0.2) is 38.0 Å². The molecule has 0 saturated carbocycles. The maximum Gasteiger partial charge on any atom is 0.221 e. The van der Waals surface area contributed by atoms with Crippen LogP contribution in [0.4, 0.5) is 0 Å². The number of hydrogen-bond acceptors (Lipinski definition) is 2. The lowest BCUT2D eigenvalue weighted by Crippen LogP contribution is -2.21. The second kappa shape index (κ2) is 8.05. The fourth-order valence-corrected chi connectivity index (χ4v) is 1.12. The molecular formula is C10H22N2O. The molecule has 1 saturated heterocycles. The van der Waals surface area contributed by atoms with Crippen LogP contribution >= 0.6 is 0 Å². The predicted octanol–water partition coefficient (Wildman–Crippen LogP) is 1.24. The average molecular weight is 186 g/mol. The van der Waals surface area contributed by atoms with Crippen molar-refractivity contribution in [2.24, 2.45) is 0 Å². The summed E-state index contributed by atoms with van der Waals surface area (Å²) in [7, 11) is 3.51. The Morgan fingerprint density at radius 1 is 1.23 bits per heavy atom. The largest absolute Gasteiger partial charge is 0.349 e. The van der Waals surface area contributed by atoms with Crippen molar-refractivity contribution in [3.05, 3.63) is 0 Å². The maximum absolute atomic E-state index is 10.4. The van der Waals surface area contributed by atoms with Gasteiger partial charge in [-0.25, -0.2) is 0 Å². The molecule has 1 N–H and O–H groups in total. The first-order chi connectivity index (χ1) is 6.18. The zero-order valence-corrected chi connectivity index (χ0v) is 9.10. The van der Waals surface area contributed by atoms with E-state index < -0.39 is 0 Å². The first kappa shape index (κ1) is 12.4. The van der Waals surface area contributed by atoms with Crippen molar-refractivity contribution in [2.45, 2.75) is 32.6 Å². The lowest BCUT2D eigenvalue weighted by atomic mass is 10.2. The molecule has 0 bridgehead atoms. The third kappa shape index (κ3) is 7.78. The molecule has 0 radical (unpaired) electrons. The van der Waals surface area contributed by atoms with Gasteiger partial charge in [0.25, 0.3) is 0 Å². The SMILES string of the molecule is C1CCNCC1.CCC(=O)N(C)C. The molecule has 0 spiro atoms. The molecule has 13 heavy (non-hydrogen) atoms. The number of carbonyl (C=O) groups excluding carboxylic acids is 1. The minimum Gasteiger partial charge on any atom is -0.349 e. The Bertz CT molecular complexity index is 119. The van der Waals surface area contributed by atoms with E-state index in [1.165, 1.54) is 32.4 Å². The zero-order chi connectivity index (χ0) is 10.1. The topological polar surface area (TPSA) is 32.3 Å². The van der Waals surface area contributed by atoms with Crippen molar-refractivity contribution in [3.8, 4) is 0 Å². The lowest BCUT2D eigenvalue weighted by molar-refractivity contribution is -0.128. The van der Waals surface area contributed by atoms with Gasteiger partial charge >= 0.3 is 0 Å². The molecule has 1 aliphatic heterocycles. The minimum atomic E-state index is 0.181. The van der Waals surface area contributed by atoms with Crippen LogP contribution in [0.2, 0.25) is 0 Å². The molecule has 1 amide bonds. The van der Waals surface area contributed by atoms with Crippen molar-refractivity contribution < 1.29 is 4.79 Å². The van der Waals surface area contributed by atoms with E-state index in [2.05, 4.69) is 5.32 Å². The van der Waals surface area contributed by atoms with Crippen molar-refractivity contribution >= 4 is 5.91 Å². The van der Waals surface area contributed by atoms with Gasteiger partial charge < -0.3 is 10.2 Å². The van der Waals surface area contributed by atoms with Gasteiger partial charge in [-0.15, -0.1) is 0 Å². The molecule has 0 aromatic rings. The van der Waals surface area contributed by atoms with E-state index in [0.717, 1.165) is 0 Å². The molecule has 0 unspecified atom stereocenters. The molecule has 0 atom stereocenters. The zero-order valence-electron chi connectivity index (χ0n) is 9.10. The van der Waals surface area contributed by atoms with Gasteiger partial charge in [-0.1, -0.05) is 13.3 Å². The number of hydrogen-bond donors (Lipinski definition) is 1. The number of amides is 1. The highest BCUT2D eigenvalue weighted by atomic mass is 16.2. The van der Waals surface area contributed by atoms with Crippen LogP contribution in [-0.2, 0) is 4.79 Å². The summed E-state index contributed by atoms with van der Waals surface area (Å²) >= 11 is 0. The number of nitrogens with zero attached hydrogens (tertiary/aromatic N) is 1. The van der Waals surface area contributed by atoms with Crippen LogP contribution in [0.15, 0.2) is 0 Å². The first-order valence-corrected chi connectivity index (χ1v) is 5.09. The molecule has 0 aromatic carbocycles. The molecule has 1 heterocycles. The third-order valence-corrected chi connectivity index (χ3v) is 2.01. The normalized spacial score (nSPS) is 15.6. The van der Waals surface area contributed by atoms with Gasteiger partial charge in [0.1, 0.15) is 0 Å².